The van der Waals surface area contributed by atoms with E-state index < -0.39 is 17.5 Å². The van der Waals surface area contributed by atoms with E-state index in [0.29, 0.717) is 26.2 Å². The number of carbonyl (C=O) groups is 2. The van der Waals surface area contributed by atoms with Crippen molar-refractivity contribution in [2.45, 2.75) is 26.2 Å². The lowest BCUT2D eigenvalue weighted by molar-refractivity contribution is -0.144. The maximum atomic E-state index is 13.9. The lowest BCUT2D eigenvalue weighted by Gasteiger charge is -2.40. The fourth-order valence-corrected chi connectivity index (χ4v) is 4.10. The van der Waals surface area contributed by atoms with E-state index in [1.165, 1.54) is 0 Å². The average Bonchev–Trinajstić information content (AvgIpc) is 2.98. The first-order chi connectivity index (χ1) is 12.4. The minimum absolute atomic E-state index is 0.0930. The fourth-order valence-electron chi connectivity index (χ4n) is 4.10. The number of benzene rings is 1. The van der Waals surface area contributed by atoms with Gasteiger partial charge in [0.05, 0.1) is 18.7 Å². The maximum Gasteiger partial charge on any atom is 0.320 e. The smallest absolute Gasteiger partial charge is 0.320 e. The van der Waals surface area contributed by atoms with Gasteiger partial charge in [0, 0.05) is 25.0 Å². The van der Waals surface area contributed by atoms with Gasteiger partial charge in [-0.2, -0.15) is 0 Å². The van der Waals surface area contributed by atoms with Crippen LogP contribution in [0, 0.1) is 17.0 Å². The van der Waals surface area contributed by atoms with Crippen molar-refractivity contribution in [2.24, 2.45) is 5.41 Å². The minimum Gasteiger partial charge on any atom is -0.465 e. The topological polar surface area (TPSA) is 49.9 Å². The van der Waals surface area contributed by atoms with Crippen molar-refractivity contribution >= 4 is 11.9 Å². The third-order valence-electron chi connectivity index (χ3n) is 5.28. The zero-order valence-electron chi connectivity index (χ0n) is 15.0. The van der Waals surface area contributed by atoms with Crippen LogP contribution >= 0.6 is 0 Å². The summed E-state index contributed by atoms with van der Waals surface area (Å²) in [6.07, 6.45) is 2.65. The highest BCUT2D eigenvalue weighted by Gasteiger charge is 2.43. The second-order valence-corrected chi connectivity index (χ2v) is 7.22. The van der Waals surface area contributed by atoms with E-state index in [4.69, 9.17) is 4.74 Å². The number of hydrogen-bond donors (Lipinski definition) is 0. The number of piperidine rings is 1. The van der Waals surface area contributed by atoms with Gasteiger partial charge in [0.2, 0.25) is 0 Å². The zero-order valence-corrected chi connectivity index (χ0v) is 15.0. The number of likely N-dealkylation sites (tertiary alicyclic amines) is 2. The van der Waals surface area contributed by atoms with Crippen molar-refractivity contribution in [1.82, 2.24) is 9.80 Å². The van der Waals surface area contributed by atoms with Crippen molar-refractivity contribution in [3.05, 3.63) is 35.4 Å². The summed E-state index contributed by atoms with van der Waals surface area (Å²) >= 11 is 0. The zero-order chi connectivity index (χ0) is 18.7. The van der Waals surface area contributed by atoms with Gasteiger partial charge in [-0.25, -0.2) is 8.78 Å². The molecular formula is C19H24F2N2O3. The molecule has 1 amide bonds. The third-order valence-corrected chi connectivity index (χ3v) is 5.28. The van der Waals surface area contributed by atoms with Crippen molar-refractivity contribution in [3.8, 4) is 0 Å². The molecule has 2 aliphatic heterocycles. The highest BCUT2D eigenvalue weighted by atomic mass is 19.1. The summed E-state index contributed by atoms with van der Waals surface area (Å²) in [5.74, 6) is -2.03. The Kier molecular flexibility index (Phi) is 5.55. The number of nitrogens with zero attached hydrogens (tertiary/aromatic N) is 2. The van der Waals surface area contributed by atoms with Crippen molar-refractivity contribution in [1.29, 1.82) is 0 Å². The minimum atomic E-state index is -0.702. The Hall–Kier alpha value is -2.02. The van der Waals surface area contributed by atoms with E-state index in [9.17, 15) is 18.4 Å². The summed E-state index contributed by atoms with van der Waals surface area (Å²) < 4.78 is 32.4. The first-order valence-corrected chi connectivity index (χ1v) is 9.05. The van der Waals surface area contributed by atoms with Gasteiger partial charge in [0.1, 0.15) is 11.6 Å². The number of rotatable bonds is 4. The molecule has 0 saturated carbocycles. The summed E-state index contributed by atoms with van der Waals surface area (Å²) in [4.78, 5) is 28.1. The highest BCUT2D eigenvalue weighted by Crippen LogP contribution is 2.39. The maximum absolute atomic E-state index is 13.9. The molecule has 2 fully saturated rings. The molecule has 5 nitrogen and oxygen atoms in total. The molecule has 142 valence electrons. The van der Waals surface area contributed by atoms with Crippen LogP contribution in [0.1, 0.15) is 36.5 Å². The van der Waals surface area contributed by atoms with Crippen LogP contribution in [-0.4, -0.2) is 61.0 Å². The molecule has 1 spiro atoms. The lowest BCUT2D eigenvalue weighted by Crippen LogP contribution is -2.47. The molecule has 1 aromatic carbocycles. The Morgan fingerprint density at radius 3 is 2.77 bits per heavy atom. The van der Waals surface area contributed by atoms with Crippen LogP contribution in [0.15, 0.2) is 18.2 Å². The van der Waals surface area contributed by atoms with Crippen LogP contribution in [0.2, 0.25) is 0 Å². The van der Waals surface area contributed by atoms with Crippen LogP contribution in [-0.2, 0) is 9.53 Å². The van der Waals surface area contributed by atoms with Crippen LogP contribution < -0.4 is 0 Å². The molecule has 2 saturated heterocycles. The Labute approximate surface area is 151 Å². The second kappa shape index (κ2) is 7.70. The molecule has 0 aliphatic carbocycles. The molecule has 0 bridgehead atoms. The summed E-state index contributed by atoms with van der Waals surface area (Å²) in [6.45, 7) is 4.91. The molecule has 0 aromatic heterocycles. The van der Waals surface area contributed by atoms with Gasteiger partial charge < -0.3 is 9.64 Å². The van der Waals surface area contributed by atoms with Crippen molar-refractivity contribution in [2.75, 3.05) is 39.3 Å². The first-order valence-electron chi connectivity index (χ1n) is 9.05. The Morgan fingerprint density at radius 1 is 1.19 bits per heavy atom. The van der Waals surface area contributed by atoms with Gasteiger partial charge >= 0.3 is 5.97 Å². The van der Waals surface area contributed by atoms with E-state index in [1.54, 1.807) is 11.8 Å². The van der Waals surface area contributed by atoms with Crippen LogP contribution in [0.3, 0.4) is 0 Å². The molecule has 1 atom stereocenters. The van der Waals surface area contributed by atoms with E-state index in [-0.39, 0.29) is 23.5 Å². The summed E-state index contributed by atoms with van der Waals surface area (Å²) in [5, 5.41) is 0. The summed E-state index contributed by atoms with van der Waals surface area (Å²) in [7, 11) is 0. The number of esters is 1. The van der Waals surface area contributed by atoms with Gasteiger partial charge in [-0.3, -0.25) is 14.5 Å². The molecule has 2 heterocycles. The van der Waals surface area contributed by atoms with Gasteiger partial charge in [-0.1, -0.05) is 0 Å². The monoisotopic (exact) mass is 366 g/mol. The van der Waals surface area contributed by atoms with Crippen LogP contribution in [0.4, 0.5) is 8.78 Å². The Morgan fingerprint density at radius 2 is 2.00 bits per heavy atom. The second-order valence-electron chi connectivity index (χ2n) is 7.22. The SMILES string of the molecule is CCOC(=O)CN1CC[C@]2(CCCN(C(=O)c3cc(F)ccc3F)C2)C1. The van der Waals surface area contributed by atoms with E-state index in [0.717, 1.165) is 44.0 Å². The van der Waals surface area contributed by atoms with E-state index in [2.05, 4.69) is 4.90 Å². The molecule has 2 aliphatic rings. The predicted octanol–water partition coefficient (Wildman–Crippen LogP) is 2.46. The van der Waals surface area contributed by atoms with Gasteiger partial charge in [-0.15, -0.1) is 0 Å². The molecule has 0 N–H and O–H groups in total. The van der Waals surface area contributed by atoms with Crippen molar-refractivity contribution in [3.63, 3.8) is 0 Å². The average molecular weight is 366 g/mol. The third kappa shape index (κ3) is 4.03. The fraction of sp³-hybridized carbons (Fsp3) is 0.579. The molecule has 7 heteroatoms. The number of hydrogen-bond acceptors (Lipinski definition) is 4. The number of ether oxygens (including phenoxy) is 1. The Bertz CT molecular complexity index is 697. The first kappa shape index (κ1) is 18.8. The standard InChI is InChI=1S/C19H24F2N2O3/c1-2-26-17(24)11-22-9-7-19(12-22)6-3-8-23(13-19)18(25)15-10-14(20)4-5-16(15)21/h4-5,10H,2-3,6-9,11-13H2,1H3/t19-/m1/s1. The normalized spacial score (nSPS) is 23.4. The summed E-state index contributed by atoms with van der Waals surface area (Å²) in [5.41, 5.74) is -0.312. The Balaban J connectivity index is 1.67. The highest BCUT2D eigenvalue weighted by molar-refractivity contribution is 5.94. The number of halogens is 2. The predicted molar refractivity (Wildman–Crippen MR) is 91.6 cm³/mol. The lowest BCUT2D eigenvalue weighted by atomic mass is 9.79. The van der Waals surface area contributed by atoms with Gasteiger partial charge in [0.15, 0.2) is 0 Å². The van der Waals surface area contributed by atoms with E-state index >= 15 is 0 Å². The molecular weight excluding hydrogens is 342 g/mol. The van der Waals surface area contributed by atoms with Gasteiger partial charge in [-0.05, 0) is 50.9 Å². The van der Waals surface area contributed by atoms with Gasteiger partial charge in [0.25, 0.3) is 5.91 Å². The molecule has 26 heavy (non-hydrogen) atoms. The largest absolute Gasteiger partial charge is 0.465 e. The molecule has 0 unspecified atom stereocenters. The van der Waals surface area contributed by atoms with Crippen molar-refractivity contribution < 1.29 is 23.1 Å². The summed E-state index contributed by atoms with van der Waals surface area (Å²) in [6, 6.07) is 2.95. The van der Waals surface area contributed by atoms with Crippen LogP contribution in [0.25, 0.3) is 0 Å². The van der Waals surface area contributed by atoms with E-state index in [1.807, 2.05) is 0 Å². The van der Waals surface area contributed by atoms with Crippen LogP contribution in [0.5, 0.6) is 0 Å². The molecule has 1 aromatic rings. The molecule has 3 rings (SSSR count). The number of carbonyl (C=O) groups excluding carboxylic acids is 2. The quantitative estimate of drug-likeness (QED) is 0.768. The number of amides is 1. The molecule has 0 radical (unpaired) electrons.